The second-order valence-corrected chi connectivity index (χ2v) is 6.05. The molecule has 1 unspecified atom stereocenters. The van der Waals surface area contributed by atoms with E-state index in [9.17, 15) is 18.0 Å². The second-order valence-electron chi connectivity index (χ2n) is 4.70. The number of alkyl halides is 3. The summed E-state index contributed by atoms with van der Waals surface area (Å²) in [5.74, 6) is -1.96. The molecule has 0 aliphatic carbocycles. The molecule has 0 amide bonds. The zero-order valence-electron chi connectivity index (χ0n) is 10.7. The SMILES string of the molecule is O=C(c1cn(CC2Cc3ccccc3S2)nn1)C(F)(F)F. The highest BCUT2D eigenvalue weighted by molar-refractivity contribution is 8.00. The number of thioether (sulfide) groups is 1. The molecule has 1 aromatic heterocycles. The van der Waals surface area contributed by atoms with Crippen LogP contribution in [0.5, 0.6) is 0 Å². The normalized spacial score (nSPS) is 17.8. The van der Waals surface area contributed by atoms with E-state index in [0.717, 1.165) is 12.6 Å². The number of hydrogen-bond acceptors (Lipinski definition) is 4. The van der Waals surface area contributed by atoms with Crippen LogP contribution >= 0.6 is 11.8 Å². The monoisotopic (exact) mass is 313 g/mol. The summed E-state index contributed by atoms with van der Waals surface area (Å²) in [6.07, 6.45) is -3.04. The highest BCUT2D eigenvalue weighted by Gasteiger charge is 2.41. The third-order valence-electron chi connectivity index (χ3n) is 3.13. The van der Waals surface area contributed by atoms with Crippen molar-refractivity contribution in [3.8, 4) is 0 Å². The van der Waals surface area contributed by atoms with E-state index in [1.54, 1.807) is 11.8 Å². The van der Waals surface area contributed by atoms with E-state index in [4.69, 9.17) is 0 Å². The maximum Gasteiger partial charge on any atom is 0.456 e. The number of carbonyl (C=O) groups excluding carboxylic acids is 1. The molecule has 0 N–H and O–H groups in total. The largest absolute Gasteiger partial charge is 0.456 e. The van der Waals surface area contributed by atoms with Crippen LogP contribution < -0.4 is 0 Å². The Hall–Kier alpha value is -1.83. The van der Waals surface area contributed by atoms with Crippen LogP contribution in [-0.4, -0.2) is 32.2 Å². The molecule has 1 atom stereocenters. The van der Waals surface area contributed by atoms with E-state index in [-0.39, 0.29) is 5.25 Å². The molecule has 0 saturated carbocycles. The summed E-state index contributed by atoms with van der Waals surface area (Å²) in [5, 5.41) is 7.10. The van der Waals surface area contributed by atoms with Gasteiger partial charge in [-0.05, 0) is 18.1 Å². The number of rotatable bonds is 3. The quantitative estimate of drug-likeness (QED) is 0.818. The van der Waals surface area contributed by atoms with Crippen molar-refractivity contribution in [3.63, 3.8) is 0 Å². The van der Waals surface area contributed by atoms with Gasteiger partial charge in [0.05, 0.1) is 12.7 Å². The van der Waals surface area contributed by atoms with E-state index in [1.165, 1.54) is 15.1 Å². The molecule has 2 heterocycles. The lowest BCUT2D eigenvalue weighted by Crippen LogP contribution is -2.23. The van der Waals surface area contributed by atoms with Gasteiger partial charge in [0.1, 0.15) is 0 Å². The molecule has 0 radical (unpaired) electrons. The van der Waals surface area contributed by atoms with Gasteiger partial charge in [-0.25, -0.2) is 0 Å². The van der Waals surface area contributed by atoms with Crippen LogP contribution in [0.4, 0.5) is 13.2 Å². The van der Waals surface area contributed by atoms with Crippen molar-refractivity contribution in [3.05, 3.63) is 41.7 Å². The average Bonchev–Trinajstić information content (AvgIpc) is 3.03. The van der Waals surface area contributed by atoms with E-state index in [0.29, 0.717) is 6.54 Å². The summed E-state index contributed by atoms with van der Waals surface area (Å²) in [6, 6.07) is 7.95. The van der Waals surface area contributed by atoms with Gasteiger partial charge in [-0.15, -0.1) is 16.9 Å². The van der Waals surface area contributed by atoms with Crippen molar-refractivity contribution in [1.82, 2.24) is 15.0 Å². The molecule has 8 heteroatoms. The molecular weight excluding hydrogens is 303 g/mol. The number of ketones is 1. The Labute approximate surface area is 122 Å². The van der Waals surface area contributed by atoms with E-state index in [2.05, 4.69) is 10.3 Å². The highest BCUT2D eigenvalue weighted by Crippen LogP contribution is 2.37. The van der Waals surface area contributed by atoms with Crippen molar-refractivity contribution >= 4 is 17.5 Å². The topological polar surface area (TPSA) is 47.8 Å². The summed E-state index contributed by atoms with van der Waals surface area (Å²) in [6.45, 7) is 0.414. The molecule has 1 aliphatic heterocycles. The maximum atomic E-state index is 12.3. The van der Waals surface area contributed by atoms with Crippen LogP contribution in [0.25, 0.3) is 0 Å². The lowest BCUT2D eigenvalue weighted by molar-refractivity contribution is -0.0888. The number of fused-ring (bicyclic) bond motifs is 1. The molecule has 0 spiro atoms. The van der Waals surface area contributed by atoms with Gasteiger partial charge in [-0.2, -0.15) is 13.2 Å². The summed E-state index contributed by atoms with van der Waals surface area (Å²) in [4.78, 5) is 12.2. The first kappa shape index (κ1) is 14.1. The smallest absolute Gasteiger partial charge is 0.282 e. The molecule has 2 aromatic rings. The van der Waals surface area contributed by atoms with E-state index in [1.807, 2.05) is 24.3 Å². The number of carbonyl (C=O) groups is 1. The standard InChI is InChI=1S/C13H10F3N3OS/c14-13(15,16)12(20)10-7-19(18-17-10)6-9-5-8-3-1-2-4-11(8)21-9/h1-4,7,9H,5-6H2. The number of halogens is 3. The van der Waals surface area contributed by atoms with Crippen molar-refractivity contribution in [1.29, 1.82) is 0 Å². The first-order valence-corrected chi connectivity index (χ1v) is 7.07. The van der Waals surface area contributed by atoms with Crippen LogP contribution in [0.3, 0.4) is 0 Å². The van der Waals surface area contributed by atoms with Crippen LogP contribution in [0.15, 0.2) is 35.4 Å². The van der Waals surface area contributed by atoms with E-state index >= 15 is 0 Å². The summed E-state index contributed by atoms with van der Waals surface area (Å²) in [7, 11) is 0. The minimum Gasteiger partial charge on any atom is -0.282 e. The summed E-state index contributed by atoms with van der Waals surface area (Å²) < 4.78 is 38.2. The lowest BCUT2D eigenvalue weighted by atomic mass is 10.1. The average molecular weight is 313 g/mol. The number of Topliss-reactive ketones (excluding diaryl/α,β-unsaturated/α-hetero) is 1. The number of hydrogen-bond donors (Lipinski definition) is 0. The fourth-order valence-corrected chi connectivity index (χ4v) is 3.51. The molecule has 4 nitrogen and oxygen atoms in total. The van der Waals surface area contributed by atoms with Gasteiger partial charge in [0.15, 0.2) is 5.69 Å². The molecule has 1 aliphatic rings. The minimum atomic E-state index is -4.92. The van der Waals surface area contributed by atoms with Gasteiger partial charge in [-0.1, -0.05) is 23.4 Å². The molecule has 0 saturated heterocycles. The predicted molar refractivity (Wildman–Crippen MR) is 70.2 cm³/mol. The van der Waals surface area contributed by atoms with Crippen molar-refractivity contribution in [2.45, 2.75) is 29.3 Å². The van der Waals surface area contributed by atoms with E-state index < -0.39 is 17.7 Å². The first-order valence-electron chi connectivity index (χ1n) is 6.20. The fraction of sp³-hybridized carbons (Fsp3) is 0.308. The zero-order valence-corrected chi connectivity index (χ0v) is 11.5. The van der Waals surface area contributed by atoms with Gasteiger partial charge in [0.25, 0.3) is 5.78 Å². The van der Waals surface area contributed by atoms with Crippen LogP contribution in [0, 0.1) is 0 Å². The van der Waals surface area contributed by atoms with Gasteiger partial charge in [0.2, 0.25) is 0 Å². The Morgan fingerprint density at radius 2 is 2.14 bits per heavy atom. The summed E-state index contributed by atoms with van der Waals surface area (Å²) in [5.41, 5.74) is 0.558. The molecular formula is C13H10F3N3OS. The lowest BCUT2D eigenvalue weighted by Gasteiger charge is -2.07. The molecule has 0 fully saturated rings. The Morgan fingerprint density at radius 3 is 2.86 bits per heavy atom. The minimum absolute atomic E-state index is 0.179. The fourth-order valence-electron chi connectivity index (χ4n) is 2.20. The van der Waals surface area contributed by atoms with Crippen LogP contribution in [0.1, 0.15) is 16.1 Å². The van der Waals surface area contributed by atoms with Crippen LogP contribution in [-0.2, 0) is 13.0 Å². The molecule has 0 bridgehead atoms. The Kier molecular flexibility index (Phi) is 3.48. The predicted octanol–water partition coefficient (Wildman–Crippen LogP) is 2.74. The Balaban J connectivity index is 1.68. The van der Waals surface area contributed by atoms with Crippen molar-refractivity contribution in [2.24, 2.45) is 0 Å². The zero-order chi connectivity index (χ0) is 15.0. The third-order valence-corrected chi connectivity index (χ3v) is 4.43. The highest BCUT2D eigenvalue weighted by atomic mass is 32.2. The maximum absolute atomic E-state index is 12.3. The third kappa shape index (κ3) is 2.94. The molecule has 1 aromatic carbocycles. The van der Waals surface area contributed by atoms with Crippen LogP contribution in [0.2, 0.25) is 0 Å². The Morgan fingerprint density at radius 1 is 1.38 bits per heavy atom. The van der Waals surface area contributed by atoms with Gasteiger partial charge < -0.3 is 0 Å². The molecule has 110 valence electrons. The molecule has 3 rings (SSSR count). The van der Waals surface area contributed by atoms with Crippen molar-refractivity contribution < 1.29 is 18.0 Å². The second kappa shape index (κ2) is 5.18. The number of benzene rings is 1. The number of aromatic nitrogens is 3. The Bertz CT molecular complexity index is 658. The van der Waals surface area contributed by atoms with Gasteiger partial charge in [-0.3, -0.25) is 9.48 Å². The van der Waals surface area contributed by atoms with Crippen molar-refractivity contribution in [2.75, 3.05) is 0 Å². The van der Waals surface area contributed by atoms with Gasteiger partial charge >= 0.3 is 6.18 Å². The van der Waals surface area contributed by atoms with Gasteiger partial charge in [0, 0.05) is 10.1 Å². The first-order chi connectivity index (χ1) is 9.93. The number of nitrogens with zero attached hydrogens (tertiary/aromatic N) is 3. The molecule has 21 heavy (non-hydrogen) atoms. The summed E-state index contributed by atoms with van der Waals surface area (Å²) >= 11 is 1.66.